The van der Waals surface area contributed by atoms with Crippen molar-refractivity contribution in [1.82, 2.24) is 9.88 Å². The number of fused-ring (bicyclic) bond motifs is 4. The van der Waals surface area contributed by atoms with Gasteiger partial charge in [-0.25, -0.2) is 0 Å². The molecule has 4 rings (SSSR count). The predicted molar refractivity (Wildman–Crippen MR) is 89.3 cm³/mol. The SMILES string of the molecule is Cc1cccc(-c2cc3n(c(=O)c2)C[C@@H]2CNC[C@H]3C2)c1C. The van der Waals surface area contributed by atoms with Crippen molar-refractivity contribution in [3.05, 3.63) is 57.5 Å². The zero-order valence-corrected chi connectivity index (χ0v) is 13.2. The fourth-order valence-electron chi connectivity index (χ4n) is 4.02. The molecular weight excluding hydrogens is 272 g/mol. The van der Waals surface area contributed by atoms with Crippen molar-refractivity contribution in [2.24, 2.45) is 5.92 Å². The lowest BCUT2D eigenvalue weighted by Crippen LogP contribution is -2.44. The van der Waals surface area contributed by atoms with Gasteiger partial charge in [-0.15, -0.1) is 0 Å². The summed E-state index contributed by atoms with van der Waals surface area (Å²) < 4.78 is 2.01. The molecule has 22 heavy (non-hydrogen) atoms. The van der Waals surface area contributed by atoms with Crippen molar-refractivity contribution in [3.8, 4) is 11.1 Å². The minimum absolute atomic E-state index is 0.157. The Morgan fingerprint density at radius 1 is 1.18 bits per heavy atom. The topological polar surface area (TPSA) is 34.0 Å². The molecule has 3 heterocycles. The molecular formula is C19H22N2O. The Labute approximate surface area is 131 Å². The maximum absolute atomic E-state index is 12.6. The summed E-state index contributed by atoms with van der Waals surface area (Å²) in [7, 11) is 0. The summed E-state index contributed by atoms with van der Waals surface area (Å²) in [6, 6.07) is 10.4. The highest BCUT2D eigenvalue weighted by molar-refractivity contribution is 5.68. The van der Waals surface area contributed by atoms with Crippen molar-refractivity contribution in [1.29, 1.82) is 0 Å². The van der Waals surface area contributed by atoms with E-state index >= 15 is 0 Å². The normalized spacial score (nSPS) is 23.2. The number of hydrogen-bond donors (Lipinski definition) is 1. The van der Waals surface area contributed by atoms with Gasteiger partial charge < -0.3 is 9.88 Å². The number of piperidine rings is 1. The molecule has 2 aromatic rings. The van der Waals surface area contributed by atoms with Crippen molar-refractivity contribution in [2.45, 2.75) is 32.7 Å². The number of benzene rings is 1. The first kappa shape index (κ1) is 13.8. The highest BCUT2D eigenvalue weighted by atomic mass is 16.1. The second-order valence-electron chi connectivity index (χ2n) is 6.82. The molecule has 114 valence electrons. The maximum Gasteiger partial charge on any atom is 0.251 e. The van der Waals surface area contributed by atoms with Gasteiger partial charge in [0.2, 0.25) is 0 Å². The van der Waals surface area contributed by atoms with E-state index in [1.54, 1.807) is 0 Å². The van der Waals surface area contributed by atoms with E-state index in [2.05, 4.69) is 43.4 Å². The number of pyridine rings is 1. The van der Waals surface area contributed by atoms with Crippen molar-refractivity contribution < 1.29 is 0 Å². The zero-order chi connectivity index (χ0) is 15.3. The summed E-state index contributed by atoms with van der Waals surface area (Å²) in [6.07, 6.45) is 1.21. The molecule has 2 bridgehead atoms. The highest BCUT2D eigenvalue weighted by Crippen LogP contribution is 2.34. The number of aromatic nitrogens is 1. The van der Waals surface area contributed by atoms with E-state index in [1.807, 2.05) is 10.6 Å². The Balaban J connectivity index is 1.88. The van der Waals surface area contributed by atoms with Crippen molar-refractivity contribution in [2.75, 3.05) is 13.1 Å². The zero-order valence-electron chi connectivity index (χ0n) is 13.2. The Bertz CT molecular complexity index is 791. The summed E-state index contributed by atoms with van der Waals surface area (Å²) >= 11 is 0. The number of aryl methyl sites for hydroxylation is 1. The quantitative estimate of drug-likeness (QED) is 0.877. The second kappa shape index (κ2) is 5.10. The lowest BCUT2D eigenvalue weighted by Gasteiger charge is -2.37. The highest BCUT2D eigenvalue weighted by Gasteiger charge is 2.31. The fraction of sp³-hybridized carbons (Fsp3) is 0.421. The second-order valence-corrected chi connectivity index (χ2v) is 6.82. The first-order chi connectivity index (χ1) is 10.6. The van der Waals surface area contributed by atoms with Gasteiger partial charge in [0.15, 0.2) is 0 Å². The summed E-state index contributed by atoms with van der Waals surface area (Å²) in [4.78, 5) is 12.6. The van der Waals surface area contributed by atoms with Crippen molar-refractivity contribution in [3.63, 3.8) is 0 Å². The lowest BCUT2D eigenvalue weighted by atomic mass is 9.83. The molecule has 0 amide bonds. The van der Waals surface area contributed by atoms with E-state index in [-0.39, 0.29) is 5.56 Å². The minimum Gasteiger partial charge on any atom is -0.316 e. The maximum atomic E-state index is 12.6. The summed E-state index contributed by atoms with van der Waals surface area (Å²) in [5.41, 5.74) is 6.17. The van der Waals surface area contributed by atoms with Gasteiger partial charge in [-0.05, 0) is 61.1 Å². The molecule has 0 unspecified atom stereocenters. The summed E-state index contributed by atoms with van der Waals surface area (Å²) in [5.74, 6) is 1.08. The van der Waals surface area contributed by atoms with E-state index < -0.39 is 0 Å². The Morgan fingerprint density at radius 2 is 2.05 bits per heavy atom. The largest absolute Gasteiger partial charge is 0.316 e. The Hall–Kier alpha value is -1.87. The fourth-order valence-corrected chi connectivity index (χ4v) is 4.02. The molecule has 0 aliphatic carbocycles. The molecule has 1 fully saturated rings. The molecule has 0 saturated carbocycles. The number of nitrogens with one attached hydrogen (secondary N) is 1. The molecule has 0 radical (unpaired) electrons. The molecule has 0 spiro atoms. The standard InChI is InChI=1S/C19H22N2O/c1-12-4-3-5-17(13(12)2)15-7-18-16-6-14(9-20-10-16)11-21(18)19(22)8-15/h3-5,7-8,14,16,20H,6,9-11H2,1-2H3/t14-,16+/m0/s1. The van der Waals surface area contributed by atoms with Crippen LogP contribution in [0.2, 0.25) is 0 Å². The molecule has 1 saturated heterocycles. The van der Waals surface area contributed by atoms with Crippen LogP contribution in [0.5, 0.6) is 0 Å². The first-order valence-electron chi connectivity index (χ1n) is 8.15. The van der Waals surface area contributed by atoms with Gasteiger partial charge in [-0.3, -0.25) is 4.79 Å². The van der Waals surface area contributed by atoms with Crippen LogP contribution in [0.1, 0.15) is 29.2 Å². The molecule has 1 aromatic heterocycles. The summed E-state index contributed by atoms with van der Waals surface area (Å²) in [5, 5.41) is 3.51. The van der Waals surface area contributed by atoms with E-state index in [9.17, 15) is 4.79 Å². The Kier molecular flexibility index (Phi) is 3.19. The van der Waals surface area contributed by atoms with Gasteiger partial charge in [0.05, 0.1) is 0 Å². The third-order valence-corrected chi connectivity index (χ3v) is 5.38. The van der Waals surface area contributed by atoms with Crippen LogP contribution in [-0.2, 0) is 6.54 Å². The smallest absolute Gasteiger partial charge is 0.251 e. The minimum atomic E-state index is 0.157. The average Bonchev–Trinajstić information content (AvgIpc) is 2.51. The number of nitrogens with zero attached hydrogens (tertiary/aromatic N) is 1. The Morgan fingerprint density at radius 3 is 2.91 bits per heavy atom. The van der Waals surface area contributed by atoms with Gasteiger partial charge >= 0.3 is 0 Å². The van der Waals surface area contributed by atoms with E-state index in [1.165, 1.54) is 28.8 Å². The van der Waals surface area contributed by atoms with Gasteiger partial charge in [0.1, 0.15) is 0 Å². The van der Waals surface area contributed by atoms with Crippen LogP contribution in [0.4, 0.5) is 0 Å². The molecule has 2 atom stereocenters. The number of hydrogen-bond acceptors (Lipinski definition) is 2. The molecule has 2 aliphatic heterocycles. The van der Waals surface area contributed by atoms with Crippen LogP contribution in [0.3, 0.4) is 0 Å². The average molecular weight is 294 g/mol. The monoisotopic (exact) mass is 294 g/mol. The molecule has 1 N–H and O–H groups in total. The van der Waals surface area contributed by atoms with Gasteiger partial charge in [0.25, 0.3) is 5.56 Å². The number of rotatable bonds is 1. The van der Waals surface area contributed by atoms with Crippen molar-refractivity contribution >= 4 is 0 Å². The van der Waals surface area contributed by atoms with Crippen LogP contribution >= 0.6 is 0 Å². The van der Waals surface area contributed by atoms with E-state index in [0.29, 0.717) is 11.8 Å². The first-order valence-corrected chi connectivity index (χ1v) is 8.15. The third-order valence-electron chi connectivity index (χ3n) is 5.38. The van der Waals surface area contributed by atoms with Gasteiger partial charge in [-0.1, -0.05) is 18.2 Å². The van der Waals surface area contributed by atoms with Crippen LogP contribution in [-0.4, -0.2) is 17.7 Å². The molecule has 3 nitrogen and oxygen atoms in total. The molecule has 1 aromatic carbocycles. The molecule has 2 aliphatic rings. The van der Waals surface area contributed by atoms with Gasteiger partial charge in [0, 0.05) is 30.8 Å². The van der Waals surface area contributed by atoms with Crippen LogP contribution in [0, 0.1) is 19.8 Å². The lowest BCUT2D eigenvalue weighted by molar-refractivity contribution is 0.257. The third kappa shape index (κ3) is 2.12. The predicted octanol–water partition coefficient (Wildman–Crippen LogP) is 2.84. The van der Waals surface area contributed by atoms with Crippen LogP contribution in [0.25, 0.3) is 11.1 Å². The van der Waals surface area contributed by atoms with E-state index in [0.717, 1.165) is 25.2 Å². The van der Waals surface area contributed by atoms with Crippen LogP contribution < -0.4 is 10.9 Å². The van der Waals surface area contributed by atoms with Crippen LogP contribution in [0.15, 0.2) is 35.1 Å². The van der Waals surface area contributed by atoms with Gasteiger partial charge in [-0.2, -0.15) is 0 Å². The summed E-state index contributed by atoms with van der Waals surface area (Å²) in [6.45, 7) is 7.16. The van der Waals surface area contributed by atoms with E-state index in [4.69, 9.17) is 0 Å². The molecule has 3 heteroatoms.